The Morgan fingerprint density at radius 3 is 1.18 bits per heavy atom. The molecule has 2 fully saturated rings. The van der Waals surface area contributed by atoms with Gasteiger partial charge in [0, 0.05) is 254 Å². The second-order valence-corrected chi connectivity index (χ2v) is 31.1. The Bertz CT molecular complexity index is 6700. The number of aryl methyl sites for hydroxylation is 4. The predicted octanol–water partition coefficient (Wildman–Crippen LogP) is 9.32. The lowest BCUT2D eigenvalue weighted by Crippen LogP contribution is -2.28. The number of carbonyl (C=O) groups is 8. The van der Waals surface area contributed by atoms with Gasteiger partial charge in [0.25, 0.3) is 23.6 Å². The molecule has 2 aliphatic carbocycles. The van der Waals surface area contributed by atoms with E-state index in [2.05, 4.69) is 125 Å². The highest BCUT2D eigenvalue weighted by Crippen LogP contribution is 2.51. The molecular weight excluding hydrogens is 1680 g/mol. The van der Waals surface area contributed by atoms with Gasteiger partial charge in [-0.1, -0.05) is 0 Å². The number of rotatable bonds is 18. The number of pyridine rings is 4. The van der Waals surface area contributed by atoms with Crippen LogP contribution in [0.15, 0.2) is 110 Å². The molecule has 18 rings (SSSR count). The van der Waals surface area contributed by atoms with Crippen LogP contribution in [-0.2, 0) is 50.8 Å². The van der Waals surface area contributed by atoms with Crippen LogP contribution >= 0.6 is 0 Å². The summed E-state index contributed by atoms with van der Waals surface area (Å²) < 4.78 is 103. The normalized spacial score (nSPS) is 15.6. The fourth-order valence-corrected chi connectivity index (χ4v) is 15.4. The smallest absolute Gasteiger partial charge is 0.320 e. The second kappa shape index (κ2) is 36.7. The van der Waals surface area contributed by atoms with Crippen molar-refractivity contribution in [3.63, 3.8) is 0 Å². The first kappa shape index (κ1) is 77.2. The molecule has 2 saturated carbocycles. The molecule has 14 heterocycles. The van der Waals surface area contributed by atoms with Crippen LogP contribution in [0.1, 0.15) is 128 Å². The number of aromatic nitrogens is 16. The minimum absolute atomic E-state index is 0.0123. The summed E-state index contributed by atoms with van der Waals surface area (Å²) in [6.07, 6.45) is 16.6. The largest absolute Gasteiger partial charge is 0.368 e. The summed E-state index contributed by atoms with van der Waals surface area (Å²) >= 11 is 0. The fraction of sp³-hybridized carbons (Fsp3) is 0.302. The Labute approximate surface area is 756 Å². The van der Waals surface area contributed by atoms with Gasteiger partial charge in [-0.2, -0.15) is 20.4 Å². The van der Waals surface area contributed by atoms with Crippen molar-refractivity contribution in [3.05, 3.63) is 167 Å². The van der Waals surface area contributed by atoms with Crippen LogP contribution in [0.5, 0.6) is 0 Å². The molecule has 44 heteroatoms. The van der Waals surface area contributed by atoms with E-state index in [0.717, 1.165) is 92.3 Å². The van der Waals surface area contributed by atoms with Gasteiger partial charge in [0.2, 0.25) is 11.8 Å². The number of nitrogens with zero attached hydrogens (tertiary/aromatic N) is 20. The lowest BCUT2D eigenvalue weighted by molar-refractivity contribution is -0.118. The maximum absolute atomic E-state index is 14.8. The molecule has 672 valence electrons. The van der Waals surface area contributed by atoms with Gasteiger partial charge in [0.1, 0.15) is 23.3 Å². The third-order valence-corrected chi connectivity index (χ3v) is 22.2. The Morgan fingerprint density at radius 2 is 0.792 bits per heavy atom. The molecule has 14 N–H and O–H groups in total. The van der Waals surface area contributed by atoms with E-state index in [-0.39, 0.29) is 93.0 Å². The SMILES string of the molecule is CNC(=O)c1cnc(NC(=O)C2CC2)cc1Nc1cc(F)cc2c1N(C)Cc1cn(C)nc1-2.[2H]C([2H])([2H])NC(=O)c1nnc(NC(=O)NC)cc1Nc1nccc2c1N(C)[C@@H](C)c1cn(C)nc1-2.[2H]C([2H])([2H])NC(=O)c1nnc(NC(=O)NC)cc1Nc1nccc2c1N(C)[C@H](C)c1cn(C)nc1-2.[2H]C([2H])([2H])n1cc2c(n1)-c1cc(F)cc(Nc3cc(NC(=O)C4CC4)ncc3C(=O)NC)c1N(C)C2. The molecule has 10 aromatic heterocycles. The van der Waals surface area contributed by atoms with Gasteiger partial charge in [0.05, 0.1) is 103 Å². The summed E-state index contributed by atoms with van der Waals surface area (Å²) in [5.41, 5.74) is 13.7. The molecule has 6 aliphatic rings. The quantitative estimate of drug-likeness (QED) is 0.0380. The molecule has 42 nitrogen and oxygen atoms in total. The zero-order valence-electron chi connectivity index (χ0n) is 81.4. The number of halogens is 2. The molecule has 2 aromatic carbocycles. The van der Waals surface area contributed by atoms with Gasteiger partial charge in [-0.25, -0.2) is 38.3 Å². The first-order valence-corrected chi connectivity index (χ1v) is 40.6. The lowest BCUT2D eigenvalue weighted by Gasteiger charge is -2.34. The lowest BCUT2D eigenvalue weighted by atomic mass is 9.96. The van der Waals surface area contributed by atoms with E-state index in [1.807, 2.05) is 117 Å². The third-order valence-electron chi connectivity index (χ3n) is 22.2. The molecule has 0 saturated heterocycles. The second-order valence-electron chi connectivity index (χ2n) is 31.1. The summed E-state index contributed by atoms with van der Waals surface area (Å²) in [6.45, 7) is -2.90. The van der Waals surface area contributed by atoms with Gasteiger partial charge < -0.3 is 83.4 Å². The predicted molar refractivity (Wildman–Crippen MR) is 486 cm³/mol. The number of anilines is 16. The highest BCUT2D eigenvalue weighted by atomic mass is 19.1. The Hall–Kier alpha value is -16.3. The van der Waals surface area contributed by atoms with Crippen LogP contribution in [0, 0.1) is 23.5 Å². The number of benzene rings is 2. The van der Waals surface area contributed by atoms with Crippen molar-refractivity contribution in [1.29, 1.82) is 0 Å². The molecular formula is C86H96F2N34O8. The van der Waals surface area contributed by atoms with E-state index in [4.69, 9.17) is 12.3 Å². The maximum Gasteiger partial charge on any atom is 0.320 e. The van der Waals surface area contributed by atoms with Crippen molar-refractivity contribution in [1.82, 2.24) is 111 Å². The Kier molecular flexibility index (Phi) is 21.8. The van der Waals surface area contributed by atoms with E-state index in [1.165, 1.54) is 89.2 Å². The van der Waals surface area contributed by atoms with Crippen molar-refractivity contribution in [2.45, 2.75) is 64.7 Å². The fourth-order valence-electron chi connectivity index (χ4n) is 15.4. The zero-order valence-corrected chi connectivity index (χ0v) is 72.4. The highest BCUT2D eigenvalue weighted by Gasteiger charge is 2.37. The minimum atomic E-state index is -2.73. The Balaban J connectivity index is 0.000000140. The van der Waals surface area contributed by atoms with Crippen LogP contribution in [-0.4, -0.2) is 197 Å². The number of nitrogens with one attached hydrogen (secondary N) is 14. The summed E-state index contributed by atoms with van der Waals surface area (Å²) in [5, 5.41) is 70.0. The van der Waals surface area contributed by atoms with Crippen molar-refractivity contribution >= 4 is 139 Å². The summed E-state index contributed by atoms with van der Waals surface area (Å²) in [4.78, 5) is 124. The summed E-state index contributed by atoms with van der Waals surface area (Å²) in [6, 6.07) is 13.9. The number of hydrogen-bond acceptors (Lipinski definition) is 28. The molecule has 2 atom stereocenters. The third kappa shape index (κ3) is 18.3. The maximum atomic E-state index is 14.8. The van der Waals surface area contributed by atoms with Crippen molar-refractivity contribution in [3.8, 4) is 45.0 Å². The van der Waals surface area contributed by atoms with Gasteiger partial charge in [-0.15, -0.1) is 20.4 Å². The van der Waals surface area contributed by atoms with Crippen molar-refractivity contribution in [2.75, 3.05) is 132 Å². The van der Waals surface area contributed by atoms with E-state index in [9.17, 15) is 47.1 Å². The van der Waals surface area contributed by atoms with Crippen LogP contribution < -0.4 is 94.0 Å². The first-order chi connectivity index (χ1) is 65.8. The number of carbonyl (C=O) groups excluding carboxylic acids is 8. The van der Waals surface area contributed by atoms with Gasteiger partial charge >= 0.3 is 12.1 Å². The van der Waals surface area contributed by atoms with E-state index in [1.54, 1.807) is 39.6 Å². The van der Waals surface area contributed by atoms with Gasteiger partial charge in [-0.3, -0.25) is 58.1 Å². The molecule has 0 unspecified atom stereocenters. The van der Waals surface area contributed by atoms with E-state index in [0.29, 0.717) is 81.4 Å². The standard InChI is InChI=1S/2C23H24FN7O2.2C20H24N10O2/c2*1-25-23(33)16-9-26-19(28-22(32)12-4-5-12)8-17(16)27-18-7-14(24)6-15-20-13(11-31(3)29-20)10-30(2)21(15)18;2*1-10-12-9-29(4)28-15(12)11-6-7-23-18(17(11)30(10)5)24-13-8-14(25-20(32)22-3)26-27-16(13)19(31)21-2/h2*6-9,11-12H,4-5,10H2,1-3H3,(H,25,33)(H2,26,27,28,32);2*6-10H,1-5H3,(H,21,31)(H3,22,23,24,25,26,32)/t;;2*10-/m..10/s1/i3D3;;2*2D3. The molecule has 4 aliphatic heterocycles. The summed E-state index contributed by atoms with van der Waals surface area (Å²) in [5.74, 6) is -2.52. The topological polar surface area (TPSA) is 492 Å². The molecule has 0 bridgehead atoms. The monoisotopic (exact) mass is 1780 g/mol. The molecule has 130 heavy (non-hydrogen) atoms. The van der Waals surface area contributed by atoms with Crippen molar-refractivity contribution in [2.24, 2.45) is 40.0 Å². The molecule has 0 radical (unpaired) electrons. The van der Waals surface area contributed by atoms with Crippen molar-refractivity contribution < 1.29 is 59.5 Å². The average Bonchev–Trinajstić information content (AvgIpc) is 1.64. The number of amides is 10. The zero-order chi connectivity index (χ0) is 100. The first-order valence-electron chi connectivity index (χ1n) is 45.1. The Morgan fingerprint density at radius 1 is 0.400 bits per heavy atom. The molecule has 12 aromatic rings. The number of hydrogen-bond donors (Lipinski definition) is 14. The van der Waals surface area contributed by atoms with E-state index < -0.39 is 62.3 Å². The van der Waals surface area contributed by atoms with Crippen LogP contribution in [0.3, 0.4) is 0 Å². The molecule has 10 amide bonds. The number of urea groups is 2. The molecule has 0 spiro atoms. The average molecular weight is 1780 g/mol. The van der Waals surface area contributed by atoms with Gasteiger partial charge in [-0.05, 0) is 75.9 Å². The van der Waals surface area contributed by atoms with Crippen LogP contribution in [0.4, 0.5) is 110 Å². The van der Waals surface area contributed by atoms with E-state index >= 15 is 0 Å². The van der Waals surface area contributed by atoms with Gasteiger partial charge in [0.15, 0.2) is 34.7 Å². The summed E-state index contributed by atoms with van der Waals surface area (Å²) in [7, 11) is 19.0. The number of fused-ring (bicyclic) bond motifs is 12. The van der Waals surface area contributed by atoms with Crippen LogP contribution in [0.2, 0.25) is 0 Å². The van der Waals surface area contributed by atoms with Crippen LogP contribution in [0.25, 0.3) is 45.0 Å². The highest BCUT2D eigenvalue weighted by molar-refractivity contribution is 6.06. The minimum Gasteiger partial charge on any atom is -0.368 e.